The topological polar surface area (TPSA) is 66.5 Å². The molecule has 0 unspecified atom stereocenters. The van der Waals surface area contributed by atoms with Gasteiger partial charge in [-0.15, -0.1) is 0 Å². The summed E-state index contributed by atoms with van der Waals surface area (Å²) in [5.41, 5.74) is 2.56. The third-order valence-corrected chi connectivity index (χ3v) is 5.00. The van der Waals surface area contributed by atoms with E-state index in [-0.39, 0.29) is 29.4 Å². The van der Waals surface area contributed by atoms with Crippen molar-refractivity contribution < 1.29 is 14.4 Å². The molecule has 1 N–H and O–H groups in total. The molecule has 0 aliphatic carbocycles. The van der Waals surface area contributed by atoms with Crippen LogP contribution in [0.4, 0.5) is 4.79 Å². The number of rotatable bonds is 7. The van der Waals surface area contributed by atoms with Crippen LogP contribution in [0, 0.1) is 0 Å². The van der Waals surface area contributed by atoms with Crippen LogP contribution >= 0.6 is 11.8 Å². The molecule has 6 heteroatoms. The van der Waals surface area contributed by atoms with Crippen molar-refractivity contribution in [3.05, 3.63) is 71.3 Å². The minimum atomic E-state index is -0.231. The van der Waals surface area contributed by atoms with E-state index in [0.717, 1.165) is 30.2 Å². The first-order chi connectivity index (χ1) is 12.6. The lowest BCUT2D eigenvalue weighted by molar-refractivity contribution is -0.125. The molecular weight excluding hydrogens is 348 g/mol. The Morgan fingerprint density at radius 2 is 1.81 bits per heavy atom. The monoisotopic (exact) mass is 368 g/mol. The van der Waals surface area contributed by atoms with Gasteiger partial charge in [-0.1, -0.05) is 54.2 Å². The third kappa shape index (κ3) is 4.73. The highest BCUT2D eigenvalue weighted by molar-refractivity contribution is 8.14. The van der Waals surface area contributed by atoms with Gasteiger partial charge in [0.05, 0.1) is 12.3 Å². The van der Waals surface area contributed by atoms with Gasteiger partial charge in [-0.05, 0) is 36.1 Å². The van der Waals surface area contributed by atoms with Crippen LogP contribution in [0.15, 0.2) is 54.6 Å². The van der Waals surface area contributed by atoms with E-state index >= 15 is 0 Å². The van der Waals surface area contributed by atoms with E-state index in [1.54, 1.807) is 18.2 Å². The molecule has 2 aromatic rings. The Labute approximate surface area is 156 Å². The molecule has 0 bridgehead atoms. The van der Waals surface area contributed by atoms with Gasteiger partial charge >= 0.3 is 0 Å². The maximum Gasteiger partial charge on any atom is 0.289 e. The SMILES string of the molecule is O=C(NCCCc1ccccc1)c1cccc(CN2C(=O)CSC2=O)c1. The zero-order valence-electron chi connectivity index (χ0n) is 14.3. The molecule has 1 saturated heterocycles. The van der Waals surface area contributed by atoms with Gasteiger partial charge in [0.25, 0.3) is 11.1 Å². The lowest BCUT2D eigenvalue weighted by atomic mass is 10.1. The van der Waals surface area contributed by atoms with Gasteiger partial charge in [-0.25, -0.2) is 0 Å². The first-order valence-electron chi connectivity index (χ1n) is 8.51. The van der Waals surface area contributed by atoms with E-state index in [0.29, 0.717) is 12.1 Å². The molecule has 134 valence electrons. The smallest absolute Gasteiger partial charge is 0.289 e. The van der Waals surface area contributed by atoms with E-state index in [1.165, 1.54) is 10.5 Å². The second kappa shape index (κ2) is 8.67. The molecule has 0 radical (unpaired) electrons. The van der Waals surface area contributed by atoms with Crippen molar-refractivity contribution in [3.63, 3.8) is 0 Å². The Balaban J connectivity index is 1.51. The Kier molecular flexibility index (Phi) is 6.07. The van der Waals surface area contributed by atoms with Gasteiger partial charge in [0.2, 0.25) is 5.91 Å². The molecule has 3 amide bonds. The van der Waals surface area contributed by atoms with E-state index in [4.69, 9.17) is 0 Å². The molecule has 5 nitrogen and oxygen atoms in total. The summed E-state index contributed by atoms with van der Waals surface area (Å²) in [7, 11) is 0. The van der Waals surface area contributed by atoms with Crippen LogP contribution in [0.1, 0.15) is 27.9 Å². The summed E-state index contributed by atoms with van der Waals surface area (Å²) in [4.78, 5) is 36.9. The zero-order chi connectivity index (χ0) is 18.4. The minimum Gasteiger partial charge on any atom is -0.352 e. The highest BCUT2D eigenvalue weighted by atomic mass is 32.2. The van der Waals surface area contributed by atoms with E-state index < -0.39 is 0 Å². The Morgan fingerprint density at radius 3 is 2.54 bits per heavy atom. The van der Waals surface area contributed by atoms with Crippen LogP contribution in [0.5, 0.6) is 0 Å². The van der Waals surface area contributed by atoms with Gasteiger partial charge in [0.1, 0.15) is 0 Å². The standard InChI is InChI=1S/C20H20N2O3S/c23-18-14-26-20(25)22(18)13-16-8-4-10-17(12-16)19(24)21-11-5-9-15-6-2-1-3-7-15/h1-4,6-8,10,12H,5,9,11,13-14H2,(H,21,24). The molecular formula is C20H20N2O3S. The molecule has 26 heavy (non-hydrogen) atoms. The second-order valence-electron chi connectivity index (χ2n) is 6.08. The maximum atomic E-state index is 12.3. The number of imide groups is 1. The summed E-state index contributed by atoms with van der Waals surface area (Å²) in [6.45, 7) is 0.803. The number of carbonyl (C=O) groups is 3. The number of hydrogen-bond donors (Lipinski definition) is 1. The van der Waals surface area contributed by atoms with E-state index in [1.807, 2.05) is 24.3 Å². The number of nitrogens with one attached hydrogen (secondary N) is 1. The summed E-state index contributed by atoms with van der Waals surface area (Å²) in [5.74, 6) is -0.135. The number of thioether (sulfide) groups is 1. The molecule has 0 spiro atoms. The van der Waals surface area contributed by atoms with Crippen LogP contribution in [-0.2, 0) is 17.8 Å². The molecule has 3 rings (SSSR count). The first kappa shape index (κ1) is 18.2. The van der Waals surface area contributed by atoms with Crippen molar-refractivity contribution in [2.45, 2.75) is 19.4 Å². The Morgan fingerprint density at radius 1 is 1.04 bits per heavy atom. The number of aryl methyl sites for hydroxylation is 1. The number of hydrogen-bond acceptors (Lipinski definition) is 4. The lowest BCUT2D eigenvalue weighted by Gasteiger charge is -2.13. The first-order valence-corrected chi connectivity index (χ1v) is 9.50. The van der Waals surface area contributed by atoms with Crippen LogP contribution in [0.25, 0.3) is 0 Å². The van der Waals surface area contributed by atoms with Crippen molar-refractivity contribution >= 4 is 28.8 Å². The fourth-order valence-electron chi connectivity index (χ4n) is 2.77. The van der Waals surface area contributed by atoms with Crippen LogP contribution in [0.2, 0.25) is 0 Å². The fourth-order valence-corrected chi connectivity index (χ4v) is 3.49. The summed E-state index contributed by atoms with van der Waals surface area (Å²) in [6, 6.07) is 17.2. The zero-order valence-corrected chi connectivity index (χ0v) is 15.1. The molecule has 0 atom stereocenters. The average Bonchev–Trinajstić information content (AvgIpc) is 2.98. The lowest BCUT2D eigenvalue weighted by Crippen LogP contribution is -2.28. The molecule has 0 aromatic heterocycles. The largest absolute Gasteiger partial charge is 0.352 e. The van der Waals surface area contributed by atoms with Crippen molar-refractivity contribution in [1.29, 1.82) is 0 Å². The average molecular weight is 368 g/mol. The van der Waals surface area contributed by atoms with Crippen molar-refractivity contribution in [2.75, 3.05) is 12.3 Å². The number of carbonyl (C=O) groups excluding carboxylic acids is 3. The highest BCUT2D eigenvalue weighted by Crippen LogP contribution is 2.21. The quantitative estimate of drug-likeness (QED) is 0.762. The third-order valence-electron chi connectivity index (χ3n) is 4.14. The number of benzene rings is 2. The van der Waals surface area contributed by atoms with Crippen molar-refractivity contribution in [1.82, 2.24) is 10.2 Å². The summed E-state index contributed by atoms with van der Waals surface area (Å²) < 4.78 is 0. The van der Waals surface area contributed by atoms with E-state index in [9.17, 15) is 14.4 Å². The predicted molar refractivity (Wildman–Crippen MR) is 102 cm³/mol. The molecule has 1 aliphatic heterocycles. The molecule has 0 saturated carbocycles. The molecule has 1 aliphatic rings. The highest BCUT2D eigenvalue weighted by Gasteiger charge is 2.29. The van der Waals surface area contributed by atoms with Crippen molar-refractivity contribution in [3.8, 4) is 0 Å². The van der Waals surface area contributed by atoms with Gasteiger partial charge in [0, 0.05) is 12.1 Å². The number of nitrogens with zero attached hydrogens (tertiary/aromatic N) is 1. The molecule has 2 aromatic carbocycles. The molecule has 1 fully saturated rings. The van der Waals surface area contributed by atoms with Crippen molar-refractivity contribution in [2.24, 2.45) is 0 Å². The minimum absolute atomic E-state index is 0.145. The van der Waals surface area contributed by atoms with Gasteiger partial charge in [-0.2, -0.15) is 0 Å². The Bertz CT molecular complexity index is 792. The molecule has 1 heterocycles. The summed E-state index contributed by atoms with van der Waals surface area (Å²) in [6.07, 6.45) is 1.78. The maximum absolute atomic E-state index is 12.3. The normalized spacial score (nSPS) is 13.9. The van der Waals surface area contributed by atoms with Crippen LogP contribution in [-0.4, -0.2) is 34.3 Å². The van der Waals surface area contributed by atoms with Gasteiger partial charge < -0.3 is 5.32 Å². The second-order valence-corrected chi connectivity index (χ2v) is 7.01. The predicted octanol–water partition coefficient (Wildman–Crippen LogP) is 3.24. The Hall–Kier alpha value is -2.60. The van der Waals surface area contributed by atoms with Gasteiger partial charge in [0.15, 0.2) is 0 Å². The van der Waals surface area contributed by atoms with Gasteiger partial charge in [-0.3, -0.25) is 19.3 Å². The number of amides is 3. The fraction of sp³-hybridized carbons (Fsp3) is 0.250. The van der Waals surface area contributed by atoms with E-state index in [2.05, 4.69) is 17.4 Å². The summed E-state index contributed by atoms with van der Waals surface area (Å²) >= 11 is 1.01. The van der Waals surface area contributed by atoms with Crippen LogP contribution < -0.4 is 5.32 Å². The summed E-state index contributed by atoms with van der Waals surface area (Å²) in [5, 5.41) is 2.69. The van der Waals surface area contributed by atoms with Crippen LogP contribution in [0.3, 0.4) is 0 Å².